The van der Waals surface area contributed by atoms with Crippen molar-refractivity contribution in [1.29, 1.82) is 0 Å². The van der Waals surface area contributed by atoms with Gasteiger partial charge in [-0.15, -0.1) is 0 Å². The summed E-state index contributed by atoms with van der Waals surface area (Å²) in [5.74, 6) is 1.88. The third-order valence-electron chi connectivity index (χ3n) is 12.8. The molecule has 5 saturated heterocycles. The Morgan fingerprint density at radius 2 is 1.78 bits per heavy atom. The first-order chi connectivity index (χ1) is 27.9. The third-order valence-corrected chi connectivity index (χ3v) is 13.8. The van der Waals surface area contributed by atoms with Crippen LogP contribution in [0, 0.1) is 5.92 Å². The first-order valence-corrected chi connectivity index (χ1v) is 23.3. The van der Waals surface area contributed by atoms with Crippen molar-refractivity contribution in [2.24, 2.45) is 5.92 Å². The minimum absolute atomic E-state index is 0.0565. The number of aromatic nitrogens is 3. The zero-order chi connectivity index (χ0) is 40.6. The van der Waals surface area contributed by atoms with Crippen LogP contribution in [0.25, 0.3) is 10.8 Å². The summed E-state index contributed by atoms with van der Waals surface area (Å²) in [6, 6.07) is 6.54. The predicted molar refractivity (Wildman–Crippen MR) is 225 cm³/mol. The highest BCUT2D eigenvalue weighted by molar-refractivity contribution is 7.90. The number of hydrogen-bond donors (Lipinski definition) is 1. The lowest BCUT2D eigenvalue weighted by Crippen LogP contribution is -2.50. The molecule has 0 saturated carbocycles. The van der Waals surface area contributed by atoms with Gasteiger partial charge in [0.25, 0.3) is 0 Å². The van der Waals surface area contributed by atoms with E-state index in [1.807, 2.05) is 16.0 Å². The maximum Gasteiger partial charge on any atom is 0.246 e. The molecule has 2 aromatic heterocycles. The molecular weight excluding hydrogens is 760 g/mol. The van der Waals surface area contributed by atoms with Gasteiger partial charge in [0, 0.05) is 94.2 Å². The van der Waals surface area contributed by atoms with E-state index in [1.165, 1.54) is 12.3 Å². The van der Waals surface area contributed by atoms with E-state index >= 15 is 4.39 Å². The van der Waals surface area contributed by atoms with Crippen molar-refractivity contribution < 1.29 is 27.1 Å². The van der Waals surface area contributed by atoms with Gasteiger partial charge in [0.2, 0.25) is 11.9 Å². The number of anilines is 4. The summed E-state index contributed by atoms with van der Waals surface area (Å²) in [5.41, 5.74) is 3.25. The molecule has 7 heterocycles. The van der Waals surface area contributed by atoms with E-state index in [4.69, 9.17) is 19.4 Å². The van der Waals surface area contributed by atoms with Gasteiger partial charge in [-0.05, 0) is 91.7 Å². The quantitative estimate of drug-likeness (QED) is 0.222. The Bertz CT molecular complexity index is 2070. The van der Waals surface area contributed by atoms with E-state index in [0.717, 1.165) is 92.4 Å². The Morgan fingerprint density at radius 1 is 1.00 bits per heavy atom. The number of benzene rings is 1. The molecule has 3 aromatic rings. The van der Waals surface area contributed by atoms with E-state index in [-0.39, 0.29) is 42.2 Å². The molecule has 58 heavy (non-hydrogen) atoms. The summed E-state index contributed by atoms with van der Waals surface area (Å²) in [7, 11) is -3.10. The highest BCUT2D eigenvalue weighted by Crippen LogP contribution is 2.45. The van der Waals surface area contributed by atoms with Crippen LogP contribution in [0.3, 0.4) is 0 Å². The maximum atomic E-state index is 15.7. The molecule has 3 atom stereocenters. The standard InChI is InChI=1S/C43H59FN8O5S/c1-5-41(53)52-15-6-7-36(52)33-21-37(51-24-29(25-51)27-58(4,54)55)34-23-46-40(22-32(34)42(33)28(2)3)47-39-8-14-45-43(48-39)50-18-11-38(35(44)26-50)57-31-9-16-49(17-10-31)30-12-19-56-20-13-30/h5,8,14,21-23,28-31,35-36,38H,1,6-7,9-13,15-20,24-27H2,2-4H3,(H,45,46,47,48)/t35-,36+,38+/m0/s1. The molecule has 1 N–H and O–H groups in total. The molecule has 5 fully saturated rings. The Morgan fingerprint density at radius 3 is 2.48 bits per heavy atom. The predicted octanol–water partition coefficient (Wildman–Crippen LogP) is 5.80. The number of carbonyl (C=O) groups is 1. The Balaban J connectivity index is 0.989. The van der Waals surface area contributed by atoms with Gasteiger partial charge < -0.3 is 34.4 Å². The van der Waals surface area contributed by atoms with Crippen LogP contribution in [0.2, 0.25) is 0 Å². The van der Waals surface area contributed by atoms with Gasteiger partial charge in [-0.2, -0.15) is 4.98 Å². The average Bonchev–Trinajstić information content (AvgIpc) is 3.69. The molecule has 0 spiro atoms. The zero-order valence-corrected chi connectivity index (χ0v) is 35.0. The Kier molecular flexibility index (Phi) is 12.2. The molecule has 5 aliphatic heterocycles. The van der Waals surface area contributed by atoms with E-state index in [0.29, 0.717) is 56.2 Å². The summed E-state index contributed by atoms with van der Waals surface area (Å²) in [4.78, 5) is 35.8. The summed E-state index contributed by atoms with van der Waals surface area (Å²) >= 11 is 0. The SMILES string of the molecule is C=CC(=O)N1CCC[C@@H]1c1cc(N2CC(CS(C)(=O)=O)C2)c2cnc(Nc3ccnc(N4CC[C@@H](OC5CCN(C6CCOCC6)CC5)[C@@H](F)C4)n3)cc2c1C(C)C. The number of nitrogens with zero attached hydrogens (tertiary/aromatic N) is 7. The van der Waals surface area contributed by atoms with Crippen LogP contribution in [0.15, 0.2) is 43.2 Å². The van der Waals surface area contributed by atoms with Gasteiger partial charge in [0.05, 0.1) is 30.5 Å². The molecular formula is C43H59FN8O5S. The summed E-state index contributed by atoms with van der Waals surface area (Å²) < 4.78 is 51.8. The molecule has 0 bridgehead atoms. The molecule has 0 aliphatic carbocycles. The number of fused-ring (bicyclic) bond motifs is 1. The van der Waals surface area contributed by atoms with E-state index in [1.54, 1.807) is 12.3 Å². The minimum atomic E-state index is -3.10. The van der Waals surface area contributed by atoms with E-state index in [2.05, 4.69) is 52.7 Å². The highest BCUT2D eigenvalue weighted by atomic mass is 32.2. The topological polar surface area (TPSA) is 133 Å². The van der Waals surface area contributed by atoms with Crippen molar-refractivity contribution in [3.63, 3.8) is 0 Å². The van der Waals surface area contributed by atoms with Crippen molar-refractivity contribution in [3.05, 3.63) is 54.4 Å². The van der Waals surface area contributed by atoms with Gasteiger partial charge >= 0.3 is 0 Å². The van der Waals surface area contributed by atoms with Crippen LogP contribution >= 0.6 is 0 Å². The first-order valence-electron chi connectivity index (χ1n) is 21.2. The number of amides is 1. The smallest absolute Gasteiger partial charge is 0.246 e. The largest absolute Gasteiger partial charge is 0.381 e. The molecule has 0 radical (unpaired) electrons. The van der Waals surface area contributed by atoms with E-state index in [9.17, 15) is 13.2 Å². The van der Waals surface area contributed by atoms with Crippen LogP contribution in [0.4, 0.5) is 27.7 Å². The number of likely N-dealkylation sites (tertiary alicyclic amines) is 2. The molecule has 8 rings (SSSR count). The van der Waals surface area contributed by atoms with Crippen molar-refractivity contribution in [2.75, 3.05) is 86.2 Å². The van der Waals surface area contributed by atoms with E-state index < -0.39 is 22.1 Å². The lowest BCUT2D eigenvalue weighted by molar-refractivity contribution is -0.126. The second kappa shape index (κ2) is 17.4. The fourth-order valence-corrected chi connectivity index (χ4v) is 11.0. The fraction of sp³-hybridized carbons (Fsp3) is 0.628. The lowest BCUT2D eigenvalue weighted by atomic mass is 9.85. The summed E-state index contributed by atoms with van der Waals surface area (Å²) in [6.07, 6.45) is 11.1. The molecule has 15 heteroatoms. The van der Waals surface area contributed by atoms with Crippen LogP contribution in [-0.4, -0.2) is 135 Å². The van der Waals surface area contributed by atoms with Crippen LogP contribution < -0.4 is 15.1 Å². The molecule has 1 aromatic carbocycles. The van der Waals surface area contributed by atoms with Crippen LogP contribution in [0.5, 0.6) is 0 Å². The van der Waals surface area contributed by atoms with Crippen LogP contribution in [-0.2, 0) is 24.1 Å². The van der Waals surface area contributed by atoms with Crippen LogP contribution in [0.1, 0.15) is 81.9 Å². The Hall–Kier alpha value is -3.92. The highest BCUT2D eigenvalue weighted by Gasteiger charge is 2.37. The monoisotopic (exact) mass is 818 g/mol. The normalized spacial score (nSPS) is 24.4. The number of carbonyl (C=O) groups excluding carboxylic acids is 1. The lowest BCUT2D eigenvalue weighted by Gasteiger charge is -2.42. The maximum absolute atomic E-state index is 15.7. The second-order valence-electron chi connectivity index (χ2n) is 17.3. The molecule has 5 aliphatic rings. The number of halogens is 1. The van der Waals surface area contributed by atoms with Crippen molar-refractivity contribution in [1.82, 2.24) is 24.8 Å². The molecule has 0 unspecified atom stereocenters. The molecule has 13 nitrogen and oxygen atoms in total. The first kappa shape index (κ1) is 40.8. The Labute approximate surface area is 342 Å². The zero-order valence-electron chi connectivity index (χ0n) is 34.2. The number of hydrogen-bond acceptors (Lipinski definition) is 12. The third kappa shape index (κ3) is 8.97. The number of rotatable bonds is 12. The molecule has 1 amide bonds. The van der Waals surface area contributed by atoms with Gasteiger partial charge in [-0.25, -0.2) is 22.8 Å². The number of nitrogens with one attached hydrogen (secondary N) is 1. The van der Waals surface area contributed by atoms with Crippen molar-refractivity contribution in [3.8, 4) is 0 Å². The van der Waals surface area contributed by atoms with Gasteiger partial charge in [-0.3, -0.25) is 4.79 Å². The number of sulfone groups is 1. The van der Waals surface area contributed by atoms with Crippen molar-refractivity contribution in [2.45, 2.75) is 95.2 Å². The minimum Gasteiger partial charge on any atom is -0.381 e. The summed E-state index contributed by atoms with van der Waals surface area (Å²) in [6.45, 7) is 14.5. The second-order valence-corrected chi connectivity index (χ2v) is 19.5. The van der Waals surface area contributed by atoms with Gasteiger partial charge in [-0.1, -0.05) is 20.4 Å². The van der Waals surface area contributed by atoms with Crippen molar-refractivity contribution >= 4 is 49.8 Å². The number of pyridine rings is 1. The summed E-state index contributed by atoms with van der Waals surface area (Å²) in [5, 5.41) is 5.40. The fourth-order valence-electron chi connectivity index (χ4n) is 9.96. The number of alkyl halides is 1. The number of piperidine rings is 2. The molecule has 314 valence electrons. The van der Waals surface area contributed by atoms with Gasteiger partial charge in [0.1, 0.15) is 27.6 Å². The average molecular weight is 819 g/mol. The number of ether oxygens (including phenoxy) is 2. The van der Waals surface area contributed by atoms with Gasteiger partial charge in [0.15, 0.2) is 0 Å².